The Labute approximate surface area is 105 Å². The molecule has 1 aromatic heterocycles. The van der Waals surface area contributed by atoms with Crippen LogP contribution in [0.25, 0.3) is 0 Å². The van der Waals surface area contributed by atoms with Crippen LogP contribution >= 0.6 is 0 Å². The van der Waals surface area contributed by atoms with Crippen molar-refractivity contribution < 1.29 is 14.2 Å². The first-order chi connectivity index (χ1) is 8.48. The molecule has 2 rings (SSSR count). The van der Waals surface area contributed by atoms with Crippen LogP contribution in [-0.2, 0) is 12.6 Å². The second-order valence-corrected chi connectivity index (χ2v) is 4.23. The van der Waals surface area contributed by atoms with Crippen molar-refractivity contribution in [3.05, 3.63) is 47.5 Å². The molecule has 0 amide bonds. The molecule has 1 atom stereocenters. The Kier molecular flexibility index (Phi) is 3.09. The van der Waals surface area contributed by atoms with Gasteiger partial charge in [-0.25, -0.2) is 4.39 Å². The number of aliphatic hydroxyl groups is 1. The lowest BCUT2D eigenvalue weighted by atomic mass is 9.91. The van der Waals surface area contributed by atoms with Gasteiger partial charge in [-0.15, -0.1) is 0 Å². The van der Waals surface area contributed by atoms with Crippen molar-refractivity contribution in [2.24, 2.45) is 7.05 Å². The number of aromatic nitrogens is 2. The first-order valence-electron chi connectivity index (χ1n) is 5.52. The Morgan fingerprint density at radius 2 is 2.11 bits per heavy atom. The number of halogens is 1. The molecule has 0 bridgehead atoms. The largest absolute Gasteiger partial charge is 0.496 e. The molecule has 0 spiro atoms. The van der Waals surface area contributed by atoms with E-state index in [0.29, 0.717) is 11.4 Å². The molecule has 1 N–H and O–H groups in total. The summed E-state index contributed by atoms with van der Waals surface area (Å²) in [6.45, 7) is 1.52. The van der Waals surface area contributed by atoms with Crippen molar-refractivity contribution in [2.45, 2.75) is 12.5 Å². The second kappa shape index (κ2) is 4.42. The fraction of sp³-hybridized carbons (Fsp3) is 0.308. The zero-order valence-electron chi connectivity index (χ0n) is 10.5. The van der Waals surface area contributed by atoms with Gasteiger partial charge in [0.2, 0.25) is 0 Å². The summed E-state index contributed by atoms with van der Waals surface area (Å²) in [6, 6.07) is 6.09. The molecule has 1 heterocycles. The molecule has 0 radical (unpaired) electrons. The molecule has 0 aliphatic rings. The van der Waals surface area contributed by atoms with E-state index in [1.54, 1.807) is 25.4 Å². The normalized spacial score (nSPS) is 14.3. The molecular formula is C13H15FN2O2. The van der Waals surface area contributed by atoms with Crippen LogP contribution in [0.15, 0.2) is 30.5 Å². The van der Waals surface area contributed by atoms with Crippen molar-refractivity contribution in [1.82, 2.24) is 9.78 Å². The first kappa shape index (κ1) is 12.6. The number of hydrogen-bond donors (Lipinski definition) is 1. The predicted octanol–water partition coefficient (Wildman–Crippen LogP) is 1.82. The van der Waals surface area contributed by atoms with Gasteiger partial charge >= 0.3 is 0 Å². The van der Waals surface area contributed by atoms with E-state index in [1.807, 2.05) is 0 Å². The molecule has 0 saturated carbocycles. The van der Waals surface area contributed by atoms with E-state index in [2.05, 4.69) is 5.10 Å². The zero-order valence-corrected chi connectivity index (χ0v) is 10.5. The summed E-state index contributed by atoms with van der Waals surface area (Å²) < 4.78 is 20.6. The van der Waals surface area contributed by atoms with Crippen LogP contribution in [0.2, 0.25) is 0 Å². The smallest absolute Gasteiger partial charge is 0.135 e. The summed E-state index contributed by atoms with van der Waals surface area (Å²) in [5, 5.41) is 14.6. The minimum Gasteiger partial charge on any atom is -0.496 e. The number of hydrogen-bond acceptors (Lipinski definition) is 3. The highest BCUT2D eigenvalue weighted by Gasteiger charge is 2.34. The number of methoxy groups -OCH3 is 1. The van der Waals surface area contributed by atoms with E-state index >= 15 is 0 Å². The van der Waals surface area contributed by atoms with Crippen LogP contribution in [0.3, 0.4) is 0 Å². The van der Waals surface area contributed by atoms with Gasteiger partial charge in [-0.05, 0) is 25.1 Å². The zero-order chi connectivity index (χ0) is 13.3. The van der Waals surface area contributed by atoms with Gasteiger partial charge in [0, 0.05) is 13.2 Å². The third-order valence-corrected chi connectivity index (χ3v) is 3.00. The number of aryl methyl sites for hydroxylation is 1. The third kappa shape index (κ3) is 1.86. The van der Waals surface area contributed by atoms with Crippen molar-refractivity contribution in [3.8, 4) is 5.75 Å². The lowest BCUT2D eigenvalue weighted by Gasteiger charge is -2.26. The molecule has 5 heteroatoms. The highest BCUT2D eigenvalue weighted by atomic mass is 19.1. The van der Waals surface area contributed by atoms with Gasteiger partial charge in [0.25, 0.3) is 0 Å². The summed E-state index contributed by atoms with van der Waals surface area (Å²) in [5.74, 6) is -0.207. The van der Waals surface area contributed by atoms with Crippen molar-refractivity contribution >= 4 is 0 Å². The molecule has 1 unspecified atom stereocenters. The van der Waals surface area contributed by atoms with E-state index in [9.17, 15) is 9.50 Å². The van der Waals surface area contributed by atoms with Gasteiger partial charge < -0.3 is 9.84 Å². The molecule has 1 aromatic carbocycles. The standard InChI is InChI=1S/C13H15FN2O2/c1-13(17,11-7-8-15-16(11)2)12-9(14)5-4-6-10(12)18-3/h4-8,17H,1-3H3. The second-order valence-electron chi connectivity index (χ2n) is 4.23. The maximum Gasteiger partial charge on any atom is 0.135 e. The summed E-state index contributed by atoms with van der Waals surface area (Å²) in [4.78, 5) is 0. The van der Waals surface area contributed by atoms with E-state index in [-0.39, 0.29) is 5.56 Å². The Hall–Kier alpha value is -1.88. The molecule has 18 heavy (non-hydrogen) atoms. The third-order valence-electron chi connectivity index (χ3n) is 3.00. The average molecular weight is 250 g/mol. The maximum atomic E-state index is 14.0. The molecule has 4 nitrogen and oxygen atoms in total. The summed E-state index contributed by atoms with van der Waals surface area (Å²) >= 11 is 0. The highest BCUT2D eigenvalue weighted by molar-refractivity contribution is 5.43. The number of nitrogens with zero attached hydrogens (tertiary/aromatic N) is 2. The quantitative estimate of drug-likeness (QED) is 0.904. The monoisotopic (exact) mass is 250 g/mol. The summed E-state index contributed by atoms with van der Waals surface area (Å²) in [6.07, 6.45) is 1.55. The van der Waals surface area contributed by atoms with Crippen molar-refractivity contribution in [3.63, 3.8) is 0 Å². The molecule has 0 aliphatic carbocycles. The van der Waals surface area contributed by atoms with Crippen LogP contribution in [0.5, 0.6) is 5.75 Å². The van der Waals surface area contributed by atoms with Gasteiger partial charge in [0.1, 0.15) is 17.2 Å². The Morgan fingerprint density at radius 3 is 2.67 bits per heavy atom. The predicted molar refractivity (Wildman–Crippen MR) is 64.8 cm³/mol. The molecule has 2 aromatic rings. The Morgan fingerprint density at radius 1 is 1.39 bits per heavy atom. The van der Waals surface area contributed by atoms with Crippen LogP contribution < -0.4 is 4.74 Å². The van der Waals surface area contributed by atoms with Gasteiger partial charge in [0.15, 0.2) is 0 Å². The van der Waals surface area contributed by atoms with Crippen LogP contribution in [0.1, 0.15) is 18.2 Å². The highest BCUT2D eigenvalue weighted by Crippen LogP contribution is 2.36. The number of ether oxygens (including phenoxy) is 1. The van der Waals surface area contributed by atoms with Crippen molar-refractivity contribution in [2.75, 3.05) is 7.11 Å². The average Bonchev–Trinajstić information content (AvgIpc) is 2.75. The van der Waals surface area contributed by atoms with E-state index in [4.69, 9.17) is 4.74 Å². The van der Waals surface area contributed by atoms with Gasteiger partial charge in [-0.2, -0.15) is 5.10 Å². The number of rotatable bonds is 3. The summed E-state index contributed by atoms with van der Waals surface area (Å²) in [5.41, 5.74) is -0.913. The fourth-order valence-electron chi connectivity index (χ4n) is 2.13. The van der Waals surface area contributed by atoms with E-state index in [1.165, 1.54) is 30.8 Å². The maximum absolute atomic E-state index is 14.0. The SMILES string of the molecule is COc1cccc(F)c1C(C)(O)c1ccnn1C. The summed E-state index contributed by atoms with van der Waals surface area (Å²) in [7, 11) is 3.13. The van der Waals surface area contributed by atoms with Crippen LogP contribution in [0, 0.1) is 5.82 Å². The molecule has 0 fully saturated rings. The van der Waals surface area contributed by atoms with Gasteiger partial charge in [0.05, 0.1) is 18.4 Å². The molecule has 96 valence electrons. The first-order valence-corrected chi connectivity index (χ1v) is 5.52. The molecule has 0 aliphatic heterocycles. The lowest BCUT2D eigenvalue weighted by molar-refractivity contribution is 0.0855. The Balaban J connectivity index is 2.64. The minimum absolute atomic E-state index is 0.108. The Bertz CT molecular complexity index is 564. The van der Waals surface area contributed by atoms with Gasteiger partial charge in [-0.3, -0.25) is 4.68 Å². The molecule has 0 saturated heterocycles. The minimum atomic E-state index is -1.51. The van der Waals surface area contributed by atoms with Crippen LogP contribution in [0.4, 0.5) is 4.39 Å². The van der Waals surface area contributed by atoms with E-state index in [0.717, 1.165) is 0 Å². The topological polar surface area (TPSA) is 47.3 Å². The van der Waals surface area contributed by atoms with Gasteiger partial charge in [-0.1, -0.05) is 6.07 Å². The number of benzene rings is 1. The molecular weight excluding hydrogens is 235 g/mol. The van der Waals surface area contributed by atoms with Crippen LogP contribution in [-0.4, -0.2) is 22.0 Å². The fourth-order valence-corrected chi connectivity index (χ4v) is 2.13. The van der Waals surface area contributed by atoms with E-state index < -0.39 is 11.4 Å². The lowest BCUT2D eigenvalue weighted by Crippen LogP contribution is -2.28. The van der Waals surface area contributed by atoms with Crippen molar-refractivity contribution in [1.29, 1.82) is 0 Å².